The summed E-state index contributed by atoms with van der Waals surface area (Å²) in [4.78, 5) is 23.4. The summed E-state index contributed by atoms with van der Waals surface area (Å²) < 4.78 is 84.0. The smallest absolute Gasteiger partial charge is 0.434 e. The first-order valence-corrected chi connectivity index (χ1v) is 8.03. The highest BCUT2D eigenvalue weighted by Gasteiger charge is 2.60. The van der Waals surface area contributed by atoms with Crippen LogP contribution in [0.25, 0.3) is 0 Å². The Morgan fingerprint density at radius 1 is 1.00 bits per heavy atom. The Balaban J connectivity index is 1.88. The van der Waals surface area contributed by atoms with Gasteiger partial charge in [0.15, 0.2) is 0 Å². The second-order valence-electron chi connectivity index (χ2n) is 6.04. The number of hydrogen-bond acceptors (Lipinski definition) is 4. The molecule has 1 aromatic rings. The summed E-state index contributed by atoms with van der Waals surface area (Å²) in [5.74, 6) is -0.213. The standard InChI is InChI=1S/C16H16F6N2O4/c17-15(18,19)13(16(20,21)22)28-14(26)24-7-5-11(6-8-24)27-10-3-1-9(2-4-10)12(23)25/h1-4,11,13H,5-8H2,(H2,23,25). The molecule has 2 rings (SSSR count). The van der Waals surface area contributed by atoms with Crippen LogP contribution in [0, 0.1) is 0 Å². The normalized spacial score (nSPS) is 16.2. The number of piperidine rings is 1. The summed E-state index contributed by atoms with van der Waals surface area (Å²) in [6.45, 7) is -0.267. The van der Waals surface area contributed by atoms with Crippen LogP contribution in [0.4, 0.5) is 31.1 Å². The quantitative estimate of drug-likeness (QED) is 0.767. The SMILES string of the molecule is NC(=O)c1ccc(OC2CCN(C(=O)OC(C(F)(F)F)C(F)(F)F)CC2)cc1. The van der Waals surface area contributed by atoms with Crippen molar-refractivity contribution in [3.8, 4) is 5.75 Å². The number of ether oxygens (including phenoxy) is 2. The Kier molecular flexibility index (Phi) is 6.30. The lowest BCUT2D eigenvalue weighted by Gasteiger charge is -2.33. The Bertz CT molecular complexity index is 683. The van der Waals surface area contributed by atoms with E-state index in [4.69, 9.17) is 10.5 Å². The number of likely N-dealkylation sites (tertiary alicyclic amines) is 1. The maximum absolute atomic E-state index is 12.5. The fourth-order valence-corrected chi connectivity index (χ4v) is 2.54. The number of halogens is 6. The number of benzene rings is 1. The summed E-state index contributed by atoms with van der Waals surface area (Å²) in [5.41, 5.74) is 5.38. The van der Waals surface area contributed by atoms with Gasteiger partial charge in [-0.25, -0.2) is 4.79 Å². The van der Waals surface area contributed by atoms with Crippen LogP contribution in [0.3, 0.4) is 0 Å². The van der Waals surface area contributed by atoms with E-state index in [1.807, 2.05) is 0 Å². The van der Waals surface area contributed by atoms with Crippen LogP contribution in [-0.4, -0.2) is 54.6 Å². The van der Waals surface area contributed by atoms with Gasteiger partial charge in [0.2, 0.25) is 5.91 Å². The zero-order valence-electron chi connectivity index (χ0n) is 14.2. The fourth-order valence-electron chi connectivity index (χ4n) is 2.54. The number of carbonyl (C=O) groups excluding carboxylic acids is 2. The number of nitrogens with zero attached hydrogens (tertiary/aromatic N) is 1. The summed E-state index contributed by atoms with van der Waals surface area (Å²) in [5, 5.41) is 0. The number of primary amides is 1. The minimum Gasteiger partial charge on any atom is -0.490 e. The van der Waals surface area contributed by atoms with Crippen LogP contribution >= 0.6 is 0 Å². The lowest BCUT2D eigenvalue weighted by atomic mass is 10.1. The maximum Gasteiger partial charge on any atom is 0.434 e. The maximum atomic E-state index is 12.5. The van der Waals surface area contributed by atoms with Crippen molar-refractivity contribution in [3.05, 3.63) is 29.8 Å². The molecule has 1 aromatic carbocycles. The summed E-state index contributed by atoms with van der Waals surface area (Å²) in [7, 11) is 0. The van der Waals surface area contributed by atoms with Crippen LogP contribution in [-0.2, 0) is 4.74 Å². The van der Waals surface area contributed by atoms with E-state index in [1.54, 1.807) is 0 Å². The second kappa shape index (κ2) is 8.15. The van der Waals surface area contributed by atoms with E-state index in [9.17, 15) is 35.9 Å². The van der Waals surface area contributed by atoms with Crippen molar-refractivity contribution in [2.24, 2.45) is 5.73 Å². The zero-order valence-corrected chi connectivity index (χ0v) is 14.2. The minimum absolute atomic E-state index is 0.134. The molecular formula is C16H16F6N2O4. The number of rotatable bonds is 4. The van der Waals surface area contributed by atoms with Gasteiger partial charge in [-0.3, -0.25) is 4.79 Å². The third-order valence-electron chi connectivity index (χ3n) is 3.96. The van der Waals surface area contributed by atoms with Gasteiger partial charge >= 0.3 is 18.4 Å². The van der Waals surface area contributed by atoms with E-state index >= 15 is 0 Å². The summed E-state index contributed by atoms with van der Waals surface area (Å²) in [6, 6.07) is 5.88. The van der Waals surface area contributed by atoms with Crippen molar-refractivity contribution in [2.45, 2.75) is 37.4 Å². The molecule has 6 nitrogen and oxygen atoms in total. The predicted molar refractivity (Wildman–Crippen MR) is 82.6 cm³/mol. The third kappa shape index (κ3) is 5.67. The molecule has 0 saturated carbocycles. The molecule has 2 N–H and O–H groups in total. The van der Waals surface area contributed by atoms with Crippen LogP contribution in [0.1, 0.15) is 23.2 Å². The molecule has 1 aliphatic rings. The van der Waals surface area contributed by atoms with Gasteiger partial charge < -0.3 is 20.1 Å². The van der Waals surface area contributed by atoms with Crippen molar-refractivity contribution >= 4 is 12.0 Å². The highest BCUT2D eigenvalue weighted by molar-refractivity contribution is 5.92. The van der Waals surface area contributed by atoms with E-state index in [0.717, 1.165) is 4.90 Å². The molecular weight excluding hydrogens is 398 g/mol. The monoisotopic (exact) mass is 414 g/mol. The number of amides is 2. The first kappa shape index (κ1) is 21.6. The van der Waals surface area contributed by atoms with Gasteiger partial charge in [0, 0.05) is 31.5 Å². The topological polar surface area (TPSA) is 81.9 Å². The van der Waals surface area contributed by atoms with Gasteiger partial charge in [0.05, 0.1) is 0 Å². The molecule has 28 heavy (non-hydrogen) atoms. The molecule has 0 bridgehead atoms. The third-order valence-corrected chi connectivity index (χ3v) is 3.96. The van der Waals surface area contributed by atoms with E-state index in [0.29, 0.717) is 5.75 Å². The summed E-state index contributed by atoms with van der Waals surface area (Å²) in [6.07, 6.45) is -17.4. The Morgan fingerprint density at radius 3 is 1.93 bits per heavy atom. The van der Waals surface area contributed by atoms with E-state index < -0.39 is 36.6 Å². The molecule has 2 amide bonds. The average molecular weight is 414 g/mol. The Labute approximate surface area is 155 Å². The number of nitrogens with two attached hydrogens (primary N) is 1. The highest BCUT2D eigenvalue weighted by atomic mass is 19.4. The molecule has 0 spiro atoms. The van der Waals surface area contributed by atoms with E-state index in [1.165, 1.54) is 24.3 Å². The molecule has 1 saturated heterocycles. The van der Waals surface area contributed by atoms with Crippen molar-refractivity contribution in [1.29, 1.82) is 0 Å². The molecule has 12 heteroatoms. The molecule has 1 fully saturated rings. The number of alkyl halides is 6. The van der Waals surface area contributed by atoms with Gasteiger partial charge in [-0.1, -0.05) is 0 Å². The van der Waals surface area contributed by atoms with Gasteiger partial charge in [0.1, 0.15) is 11.9 Å². The number of hydrogen-bond donors (Lipinski definition) is 1. The Hall–Kier alpha value is -2.66. The lowest BCUT2D eigenvalue weighted by Crippen LogP contribution is -2.50. The van der Waals surface area contributed by atoms with Crippen molar-refractivity contribution in [1.82, 2.24) is 4.90 Å². The summed E-state index contributed by atoms with van der Waals surface area (Å²) >= 11 is 0. The predicted octanol–water partition coefficient (Wildman–Crippen LogP) is 3.26. The molecule has 0 atom stereocenters. The van der Waals surface area contributed by atoms with Crippen molar-refractivity contribution in [2.75, 3.05) is 13.1 Å². The van der Waals surface area contributed by atoms with Gasteiger partial charge in [-0.05, 0) is 24.3 Å². The lowest BCUT2D eigenvalue weighted by molar-refractivity contribution is -0.308. The van der Waals surface area contributed by atoms with Crippen LogP contribution < -0.4 is 10.5 Å². The van der Waals surface area contributed by atoms with Crippen molar-refractivity contribution < 1.29 is 45.4 Å². The molecule has 0 aromatic heterocycles. The van der Waals surface area contributed by atoms with Gasteiger partial charge in [0.25, 0.3) is 6.10 Å². The van der Waals surface area contributed by atoms with Crippen LogP contribution in [0.15, 0.2) is 24.3 Å². The Morgan fingerprint density at radius 2 is 1.50 bits per heavy atom. The van der Waals surface area contributed by atoms with Gasteiger partial charge in [-0.2, -0.15) is 26.3 Å². The van der Waals surface area contributed by atoms with E-state index in [2.05, 4.69) is 4.74 Å². The molecule has 1 aliphatic heterocycles. The fraction of sp³-hybridized carbons (Fsp3) is 0.500. The largest absolute Gasteiger partial charge is 0.490 e. The highest BCUT2D eigenvalue weighted by Crippen LogP contribution is 2.36. The molecule has 0 unspecified atom stereocenters. The van der Waals surface area contributed by atoms with Gasteiger partial charge in [-0.15, -0.1) is 0 Å². The first-order valence-electron chi connectivity index (χ1n) is 8.03. The minimum atomic E-state index is -5.76. The number of carbonyl (C=O) groups is 2. The average Bonchev–Trinajstić information content (AvgIpc) is 2.58. The van der Waals surface area contributed by atoms with E-state index in [-0.39, 0.29) is 31.5 Å². The molecule has 0 aliphatic carbocycles. The van der Waals surface area contributed by atoms with Crippen LogP contribution in [0.2, 0.25) is 0 Å². The molecule has 0 radical (unpaired) electrons. The zero-order chi connectivity index (χ0) is 21.1. The first-order chi connectivity index (χ1) is 12.9. The molecule has 1 heterocycles. The van der Waals surface area contributed by atoms with Crippen molar-refractivity contribution in [3.63, 3.8) is 0 Å². The van der Waals surface area contributed by atoms with Crippen LogP contribution in [0.5, 0.6) is 5.75 Å². The molecule has 156 valence electrons. The second-order valence-corrected chi connectivity index (χ2v) is 6.04.